The average Bonchev–Trinajstić information content (AvgIpc) is 2.90. The van der Waals surface area contributed by atoms with Gasteiger partial charge in [0.05, 0.1) is 0 Å². The molecule has 0 aliphatic carbocycles. The van der Waals surface area contributed by atoms with Gasteiger partial charge < -0.3 is 10.2 Å². The quantitative estimate of drug-likeness (QED) is 0.939. The summed E-state index contributed by atoms with van der Waals surface area (Å²) in [5.74, 6) is 0.590. The van der Waals surface area contributed by atoms with E-state index in [-0.39, 0.29) is 11.9 Å². The lowest BCUT2D eigenvalue weighted by molar-refractivity contribution is 0.0983. The highest BCUT2D eigenvalue weighted by atomic mass is 16.2. The van der Waals surface area contributed by atoms with Crippen molar-refractivity contribution in [2.45, 2.75) is 26.3 Å². The minimum atomic E-state index is -0.0939. The van der Waals surface area contributed by atoms with Crippen LogP contribution < -0.4 is 10.2 Å². The Morgan fingerprint density at radius 3 is 2.71 bits per heavy atom. The van der Waals surface area contributed by atoms with Gasteiger partial charge in [0.2, 0.25) is 0 Å². The maximum atomic E-state index is 12.5. The Labute approximate surface area is 124 Å². The second-order valence-corrected chi connectivity index (χ2v) is 5.44. The summed E-state index contributed by atoms with van der Waals surface area (Å²) in [5.41, 5.74) is 2.56. The van der Waals surface area contributed by atoms with E-state index in [1.54, 1.807) is 17.0 Å². The van der Waals surface area contributed by atoms with Crippen LogP contribution in [0, 0.1) is 0 Å². The number of rotatable bonds is 3. The minimum Gasteiger partial charge on any atom is -0.366 e. The molecule has 2 heterocycles. The lowest BCUT2D eigenvalue weighted by Gasteiger charge is -2.16. The molecule has 1 aromatic heterocycles. The number of nitrogens with one attached hydrogen (secondary N) is 1. The SMILES string of the molecule is CC(C)Nc1ccc(C(=O)N2CCc3ccccc32)nn1. The Morgan fingerprint density at radius 2 is 2.00 bits per heavy atom. The van der Waals surface area contributed by atoms with Gasteiger partial charge in [0.15, 0.2) is 5.69 Å². The number of aromatic nitrogens is 2. The van der Waals surface area contributed by atoms with Crippen molar-refractivity contribution < 1.29 is 4.79 Å². The summed E-state index contributed by atoms with van der Waals surface area (Å²) in [6.45, 7) is 4.76. The molecule has 0 saturated carbocycles. The summed E-state index contributed by atoms with van der Waals surface area (Å²) < 4.78 is 0. The number of hydrogen-bond donors (Lipinski definition) is 1. The summed E-state index contributed by atoms with van der Waals surface area (Å²) in [7, 11) is 0. The van der Waals surface area contributed by atoms with E-state index in [1.165, 1.54) is 5.56 Å². The zero-order valence-electron chi connectivity index (χ0n) is 12.2. The van der Waals surface area contributed by atoms with Crippen molar-refractivity contribution in [3.8, 4) is 0 Å². The Kier molecular flexibility index (Phi) is 3.56. The third-order valence-electron chi connectivity index (χ3n) is 3.45. The largest absolute Gasteiger partial charge is 0.366 e. The molecule has 5 heteroatoms. The van der Waals surface area contributed by atoms with Crippen LogP contribution in [0.4, 0.5) is 11.5 Å². The molecule has 0 bridgehead atoms. The summed E-state index contributed by atoms with van der Waals surface area (Å²) in [5, 5.41) is 11.3. The number of carbonyl (C=O) groups excluding carboxylic acids is 1. The number of para-hydroxylation sites is 1. The molecular formula is C16H18N4O. The summed E-state index contributed by atoms with van der Waals surface area (Å²) in [4.78, 5) is 14.3. The predicted octanol–water partition coefficient (Wildman–Crippen LogP) is 2.50. The molecule has 1 aliphatic heterocycles. The molecule has 0 saturated heterocycles. The van der Waals surface area contributed by atoms with Gasteiger partial charge in [-0.15, -0.1) is 10.2 Å². The first kappa shape index (κ1) is 13.5. The molecule has 0 unspecified atom stereocenters. The van der Waals surface area contributed by atoms with E-state index in [9.17, 15) is 4.79 Å². The smallest absolute Gasteiger partial charge is 0.278 e. The van der Waals surface area contributed by atoms with Gasteiger partial charge in [-0.25, -0.2) is 0 Å². The maximum Gasteiger partial charge on any atom is 0.278 e. The lowest BCUT2D eigenvalue weighted by atomic mass is 10.2. The van der Waals surface area contributed by atoms with Gasteiger partial charge in [-0.2, -0.15) is 0 Å². The zero-order valence-corrected chi connectivity index (χ0v) is 12.2. The maximum absolute atomic E-state index is 12.5. The summed E-state index contributed by atoms with van der Waals surface area (Å²) in [6, 6.07) is 11.8. The highest BCUT2D eigenvalue weighted by Gasteiger charge is 2.26. The molecule has 0 fully saturated rings. The minimum absolute atomic E-state index is 0.0939. The van der Waals surface area contributed by atoms with Crippen molar-refractivity contribution in [2.75, 3.05) is 16.8 Å². The topological polar surface area (TPSA) is 58.1 Å². The van der Waals surface area contributed by atoms with Crippen molar-refractivity contribution in [1.82, 2.24) is 10.2 Å². The van der Waals surface area contributed by atoms with Crippen LogP contribution in [0.5, 0.6) is 0 Å². The van der Waals surface area contributed by atoms with Crippen molar-refractivity contribution in [2.24, 2.45) is 0 Å². The van der Waals surface area contributed by atoms with Crippen LogP contribution in [0.15, 0.2) is 36.4 Å². The Balaban J connectivity index is 1.80. The molecular weight excluding hydrogens is 264 g/mol. The van der Waals surface area contributed by atoms with Crippen LogP contribution in [-0.2, 0) is 6.42 Å². The van der Waals surface area contributed by atoms with Crippen LogP contribution in [0.1, 0.15) is 29.9 Å². The molecule has 5 nitrogen and oxygen atoms in total. The number of nitrogens with zero attached hydrogens (tertiary/aromatic N) is 3. The van der Waals surface area contributed by atoms with Crippen molar-refractivity contribution >= 4 is 17.4 Å². The molecule has 1 aromatic carbocycles. The highest BCUT2D eigenvalue weighted by molar-refractivity contribution is 6.06. The van der Waals surface area contributed by atoms with E-state index < -0.39 is 0 Å². The third-order valence-corrected chi connectivity index (χ3v) is 3.45. The molecule has 3 rings (SSSR count). The first-order valence-corrected chi connectivity index (χ1v) is 7.15. The molecule has 21 heavy (non-hydrogen) atoms. The zero-order chi connectivity index (χ0) is 14.8. The highest BCUT2D eigenvalue weighted by Crippen LogP contribution is 2.28. The van der Waals surface area contributed by atoms with Crippen LogP contribution in [-0.4, -0.2) is 28.7 Å². The number of fused-ring (bicyclic) bond motifs is 1. The van der Waals surface area contributed by atoms with Gasteiger partial charge in [0, 0.05) is 18.3 Å². The predicted molar refractivity (Wildman–Crippen MR) is 82.6 cm³/mol. The number of carbonyl (C=O) groups is 1. The molecule has 0 spiro atoms. The van der Waals surface area contributed by atoms with Crippen molar-refractivity contribution in [3.63, 3.8) is 0 Å². The Morgan fingerprint density at radius 1 is 1.19 bits per heavy atom. The molecule has 0 radical (unpaired) electrons. The van der Waals surface area contributed by atoms with Gasteiger partial charge in [0.1, 0.15) is 5.82 Å². The average molecular weight is 282 g/mol. The van der Waals surface area contributed by atoms with Gasteiger partial charge in [-0.05, 0) is 44.0 Å². The molecule has 1 aliphatic rings. The number of amides is 1. The van der Waals surface area contributed by atoms with E-state index in [4.69, 9.17) is 0 Å². The van der Waals surface area contributed by atoms with Crippen LogP contribution in [0.25, 0.3) is 0 Å². The number of hydrogen-bond acceptors (Lipinski definition) is 4. The standard InChI is InChI=1S/C16H18N4O/c1-11(2)17-15-8-7-13(18-19-15)16(21)20-10-9-12-5-3-4-6-14(12)20/h3-8,11H,9-10H2,1-2H3,(H,17,19). The van der Waals surface area contributed by atoms with Crippen molar-refractivity contribution in [1.29, 1.82) is 0 Å². The fourth-order valence-electron chi connectivity index (χ4n) is 2.51. The second-order valence-electron chi connectivity index (χ2n) is 5.44. The summed E-state index contributed by atoms with van der Waals surface area (Å²) in [6.07, 6.45) is 0.891. The third kappa shape index (κ3) is 2.72. The summed E-state index contributed by atoms with van der Waals surface area (Å²) >= 11 is 0. The van der Waals surface area contributed by atoms with Crippen LogP contribution in [0.2, 0.25) is 0 Å². The van der Waals surface area contributed by atoms with Gasteiger partial charge in [-0.1, -0.05) is 18.2 Å². The normalized spacial score (nSPS) is 13.4. The molecule has 108 valence electrons. The van der Waals surface area contributed by atoms with E-state index in [0.29, 0.717) is 18.1 Å². The lowest BCUT2D eigenvalue weighted by Crippen LogP contribution is -2.29. The van der Waals surface area contributed by atoms with E-state index >= 15 is 0 Å². The second kappa shape index (κ2) is 5.52. The number of anilines is 2. The van der Waals surface area contributed by atoms with Gasteiger partial charge >= 0.3 is 0 Å². The molecule has 1 amide bonds. The van der Waals surface area contributed by atoms with E-state index in [0.717, 1.165) is 12.1 Å². The van der Waals surface area contributed by atoms with Crippen LogP contribution in [0.3, 0.4) is 0 Å². The first-order chi connectivity index (χ1) is 10.1. The molecule has 1 N–H and O–H groups in total. The monoisotopic (exact) mass is 282 g/mol. The van der Waals surface area contributed by atoms with Gasteiger partial charge in [0.25, 0.3) is 5.91 Å². The fourth-order valence-corrected chi connectivity index (χ4v) is 2.51. The molecule has 2 aromatic rings. The van der Waals surface area contributed by atoms with Gasteiger partial charge in [-0.3, -0.25) is 4.79 Å². The first-order valence-electron chi connectivity index (χ1n) is 7.15. The van der Waals surface area contributed by atoms with Crippen LogP contribution >= 0.6 is 0 Å². The molecule has 0 atom stereocenters. The number of benzene rings is 1. The Bertz CT molecular complexity index is 652. The fraction of sp³-hybridized carbons (Fsp3) is 0.312. The van der Waals surface area contributed by atoms with E-state index in [2.05, 4.69) is 21.6 Å². The van der Waals surface area contributed by atoms with E-state index in [1.807, 2.05) is 32.0 Å². The Hall–Kier alpha value is -2.43. The van der Waals surface area contributed by atoms with Crippen molar-refractivity contribution in [3.05, 3.63) is 47.7 Å².